The summed E-state index contributed by atoms with van der Waals surface area (Å²) in [6.45, 7) is 1.17. The summed E-state index contributed by atoms with van der Waals surface area (Å²) in [5.41, 5.74) is 7.18. The van der Waals surface area contributed by atoms with Crippen LogP contribution in [0, 0.1) is 11.8 Å². The Hall–Kier alpha value is -3.77. The summed E-state index contributed by atoms with van der Waals surface area (Å²) in [6, 6.07) is 10.5. The quantitative estimate of drug-likeness (QED) is 0.533. The molecule has 0 aliphatic carbocycles. The zero-order valence-electron chi connectivity index (χ0n) is 16.9. The normalized spacial score (nSPS) is 13.3. The monoisotopic (exact) mass is 439 g/mol. The molecule has 1 aliphatic heterocycles. The molecule has 1 aliphatic rings. The van der Waals surface area contributed by atoms with Gasteiger partial charge in [0.2, 0.25) is 0 Å². The third-order valence-electron chi connectivity index (χ3n) is 4.93. The summed E-state index contributed by atoms with van der Waals surface area (Å²) >= 11 is 0. The highest BCUT2D eigenvalue weighted by molar-refractivity contribution is 5.99. The Morgan fingerprint density at radius 3 is 2.62 bits per heavy atom. The summed E-state index contributed by atoms with van der Waals surface area (Å²) in [4.78, 5) is 4.33. The van der Waals surface area contributed by atoms with Crippen LogP contribution in [0.1, 0.15) is 34.2 Å². The number of hydrogen-bond donors (Lipinski definition) is 3. The number of nitrogens with zero attached hydrogens (tertiary/aromatic N) is 3. The number of aliphatic imine (C=N–C) groups is 1. The molecule has 6 nitrogen and oxygen atoms in total. The molecule has 164 valence electrons. The van der Waals surface area contributed by atoms with Gasteiger partial charge >= 0.3 is 6.18 Å². The van der Waals surface area contributed by atoms with Gasteiger partial charge < -0.3 is 10.5 Å². The van der Waals surface area contributed by atoms with Gasteiger partial charge in [-0.2, -0.15) is 18.3 Å². The van der Waals surface area contributed by atoms with E-state index in [1.165, 1.54) is 12.1 Å². The van der Waals surface area contributed by atoms with Crippen LogP contribution in [0.25, 0.3) is 0 Å². The molecule has 2 heterocycles. The minimum atomic E-state index is -4.61. The number of aromatic nitrogens is 2. The van der Waals surface area contributed by atoms with Crippen molar-refractivity contribution in [2.24, 2.45) is 4.99 Å². The smallest absolute Gasteiger partial charge is 0.417 e. The van der Waals surface area contributed by atoms with Crippen LogP contribution in [-0.4, -0.2) is 27.4 Å². The SMILES string of the molecule is Oc1ccc(C#Cc2ccc(C3=NCNN3)cc2CCCn2cccn2)c(C(F)(F)F)c1. The van der Waals surface area contributed by atoms with Gasteiger partial charge in [0, 0.05) is 35.6 Å². The molecule has 0 atom stereocenters. The number of aromatic hydroxyl groups is 1. The number of aryl methyl sites for hydroxylation is 2. The third kappa shape index (κ3) is 5.10. The minimum absolute atomic E-state index is 0.187. The van der Waals surface area contributed by atoms with Crippen molar-refractivity contribution in [1.82, 2.24) is 20.6 Å². The van der Waals surface area contributed by atoms with Gasteiger partial charge in [0.1, 0.15) is 18.3 Å². The molecule has 3 aromatic rings. The average Bonchev–Trinajstić information content (AvgIpc) is 3.47. The van der Waals surface area contributed by atoms with Crippen LogP contribution < -0.4 is 10.9 Å². The van der Waals surface area contributed by atoms with Gasteiger partial charge in [-0.25, -0.2) is 10.4 Å². The van der Waals surface area contributed by atoms with Crippen molar-refractivity contribution in [2.45, 2.75) is 25.6 Å². The molecule has 2 aromatic carbocycles. The van der Waals surface area contributed by atoms with E-state index in [1.54, 1.807) is 12.3 Å². The van der Waals surface area contributed by atoms with Crippen molar-refractivity contribution in [1.29, 1.82) is 0 Å². The molecule has 1 aromatic heterocycles. The predicted octanol–water partition coefficient (Wildman–Crippen LogP) is 3.45. The number of phenolic OH excluding ortho intramolecular Hbond substituents is 1. The molecular formula is C23H20F3N5O. The van der Waals surface area contributed by atoms with E-state index in [0.29, 0.717) is 37.1 Å². The first-order valence-electron chi connectivity index (χ1n) is 9.96. The molecule has 3 N–H and O–H groups in total. The second-order valence-corrected chi connectivity index (χ2v) is 7.19. The molecule has 0 fully saturated rings. The Balaban J connectivity index is 1.65. The molecule has 0 saturated heterocycles. The zero-order valence-corrected chi connectivity index (χ0v) is 16.9. The Bertz CT molecular complexity index is 1190. The summed E-state index contributed by atoms with van der Waals surface area (Å²) in [5, 5.41) is 13.7. The summed E-state index contributed by atoms with van der Waals surface area (Å²) in [6.07, 6.45) is 0.428. The number of rotatable bonds is 5. The molecule has 0 bridgehead atoms. The maximum absolute atomic E-state index is 13.3. The van der Waals surface area contributed by atoms with Crippen LogP contribution in [0.15, 0.2) is 59.9 Å². The first kappa shape index (κ1) is 21.5. The van der Waals surface area contributed by atoms with Gasteiger partial charge in [-0.15, -0.1) is 0 Å². The number of nitrogens with one attached hydrogen (secondary N) is 2. The lowest BCUT2D eigenvalue weighted by Gasteiger charge is -2.10. The van der Waals surface area contributed by atoms with Gasteiger partial charge in [0.25, 0.3) is 0 Å². The van der Waals surface area contributed by atoms with Crippen molar-refractivity contribution in [3.8, 4) is 17.6 Å². The maximum atomic E-state index is 13.3. The van der Waals surface area contributed by atoms with E-state index < -0.39 is 17.5 Å². The standard InChI is InChI=1S/C23H20F3N5O/c24-23(25,26)21-14-20(32)9-8-17(21)6-4-16-5-7-19(22-27-15-28-30-22)13-18(16)3-1-11-31-12-2-10-29-31/h2,5,7-10,12-14,28,32H,1,3,11,15H2,(H,27,30). The van der Waals surface area contributed by atoms with E-state index in [4.69, 9.17) is 0 Å². The predicted molar refractivity (Wildman–Crippen MR) is 114 cm³/mol. The Morgan fingerprint density at radius 1 is 1.09 bits per heavy atom. The summed E-state index contributed by atoms with van der Waals surface area (Å²) in [5.74, 6) is 5.78. The largest absolute Gasteiger partial charge is 0.508 e. The van der Waals surface area contributed by atoms with E-state index in [0.717, 1.165) is 17.5 Å². The summed E-state index contributed by atoms with van der Waals surface area (Å²) in [7, 11) is 0. The highest BCUT2D eigenvalue weighted by atomic mass is 19.4. The number of hydrazine groups is 1. The van der Waals surface area contributed by atoms with Gasteiger partial charge in [-0.1, -0.05) is 11.8 Å². The van der Waals surface area contributed by atoms with E-state index in [2.05, 4.69) is 32.8 Å². The fourth-order valence-corrected chi connectivity index (χ4v) is 3.39. The lowest BCUT2D eigenvalue weighted by atomic mass is 9.98. The molecular weight excluding hydrogens is 419 g/mol. The third-order valence-corrected chi connectivity index (χ3v) is 4.93. The van der Waals surface area contributed by atoms with Crippen molar-refractivity contribution >= 4 is 5.84 Å². The van der Waals surface area contributed by atoms with Gasteiger partial charge in [-0.3, -0.25) is 4.68 Å². The van der Waals surface area contributed by atoms with E-state index >= 15 is 0 Å². The van der Waals surface area contributed by atoms with Crippen molar-refractivity contribution in [3.05, 3.63) is 82.7 Å². The number of phenols is 1. The van der Waals surface area contributed by atoms with Crippen LogP contribution >= 0.6 is 0 Å². The lowest BCUT2D eigenvalue weighted by Crippen LogP contribution is -2.30. The Kier molecular flexibility index (Phi) is 6.14. The van der Waals surface area contributed by atoms with Crippen LogP contribution in [-0.2, 0) is 19.1 Å². The number of alkyl halides is 3. The topological polar surface area (TPSA) is 74.5 Å². The van der Waals surface area contributed by atoms with E-state index in [-0.39, 0.29) is 5.56 Å². The molecule has 0 unspecified atom stereocenters. The highest BCUT2D eigenvalue weighted by Gasteiger charge is 2.33. The first-order valence-corrected chi connectivity index (χ1v) is 9.96. The highest BCUT2D eigenvalue weighted by Crippen LogP contribution is 2.33. The molecule has 4 rings (SSSR count). The van der Waals surface area contributed by atoms with Gasteiger partial charge in [0.15, 0.2) is 0 Å². The second-order valence-electron chi connectivity index (χ2n) is 7.19. The fourth-order valence-electron chi connectivity index (χ4n) is 3.39. The Morgan fingerprint density at radius 2 is 1.91 bits per heavy atom. The summed E-state index contributed by atoms with van der Waals surface area (Å²) < 4.78 is 41.9. The first-order chi connectivity index (χ1) is 15.4. The molecule has 0 spiro atoms. The maximum Gasteiger partial charge on any atom is 0.417 e. The molecule has 9 heteroatoms. The second kappa shape index (κ2) is 9.16. The van der Waals surface area contributed by atoms with E-state index in [9.17, 15) is 18.3 Å². The molecule has 0 radical (unpaired) electrons. The van der Waals surface area contributed by atoms with Crippen LogP contribution in [0.2, 0.25) is 0 Å². The fraction of sp³-hybridized carbons (Fsp3) is 0.217. The van der Waals surface area contributed by atoms with Crippen molar-refractivity contribution in [3.63, 3.8) is 0 Å². The lowest BCUT2D eigenvalue weighted by molar-refractivity contribution is -0.137. The molecule has 0 amide bonds. The number of benzene rings is 2. The van der Waals surface area contributed by atoms with Gasteiger partial charge in [-0.05, 0) is 60.9 Å². The number of halogens is 3. The van der Waals surface area contributed by atoms with Crippen LogP contribution in [0.4, 0.5) is 13.2 Å². The minimum Gasteiger partial charge on any atom is -0.508 e. The zero-order chi connectivity index (χ0) is 22.6. The van der Waals surface area contributed by atoms with E-state index in [1.807, 2.05) is 29.1 Å². The molecule has 32 heavy (non-hydrogen) atoms. The van der Waals surface area contributed by atoms with Crippen molar-refractivity contribution < 1.29 is 18.3 Å². The molecule has 0 saturated carbocycles. The van der Waals surface area contributed by atoms with Gasteiger partial charge in [0.05, 0.1) is 5.56 Å². The van der Waals surface area contributed by atoms with Crippen molar-refractivity contribution in [2.75, 3.05) is 6.67 Å². The number of amidine groups is 1. The van der Waals surface area contributed by atoms with Crippen LogP contribution in [0.5, 0.6) is 5.75 Å². The Labute approximate surface area is 182 Å². The number of hydrogen-bond acceptors (Lipinski definition) is 5. The average molecular weight is 439 g/mol. The van der Waals surface area contributed by atoms with Crippen LogP contribution in [0.3, 0.4) is 0 Å².